The van der Waals surface area contributed by atoms with Crippen LogP contribution in [0.4, 0.5) is 5.82 Å². The van der Waals surface area contributed by atoms with Crippen molar-refractivity contribution in [1.29, 1.82) is 0 Å². The first-order valence-corrected chi connectivity index (χ1v) is 7.51. The molecule has 1 unspecified atom stereocenters. The Bertz CT molecular complexity index is 632. The van der Waals surface area contributed by atoms with Crippen molar-refractivity contribution >= 4 is 22.6 Å². The number of piperidine rings is 1. The Labute approximate surface area is 124 Å². The van der Waals surface area contributed by atoms with Crippen LogP contribution in [0.25, 0.3) is 10.9 Å². The summed E-state index contributed by atoms with van der Waals surface area (Å²) in [5.74, 6) is 0.871. The SMILES string of the molecule is CC(Nc1ncnc2ccccc12)C(=O)N1CCCCC1. The van der Waals surface area contributed by atoms with Crippen molar-refractivity contribution < 1.29 is 4.79 Å². The fourth-order valence-electron chi connectivity index (χ4n) is 2.77. The third-order valence-corrected chi connectivity index (χ3v) is 3.93. The van der Waals surface area contributed by atoms with Gasteiger partial charge >= 0.3 is 0 Å². The zero-order valence-electron chi connectivity index (χ0n) is 12.2. The maximum absolute atomic E-state index is 12.5. The van der Waals surface area contributed by atoms with Crippen molar-refractivity contribution in [1.82, 2.24) is 14.9 Å². The minimum Gasteiger partial charge on any atom is -0.358 e. The number of likely N-dealkylation sites (tertiary alicyclic amines) is 1. The number of amides is 1. The molecule has 1 aliphatic rings. The van der Waals surface area contributed by atoms with Gasteiger partial charge in [0.15, 0.2) is 0 Å². The maximum atomic E-state index is 12.5. The minimum absolute atomic E-state index is 0.150. The van der Waals surface area contributed by atoms with E-state index in [1.54, 1.807) is 0 Å². The second kappa shape index (κ2) is 6.08. The molecule has 1 fully saturated rings. The van der Waals surface area contributed by atoms with Crippen LogP contribution in [-0.4, -0.2) is 39.9 Å². The molecule has 0 radical (unpaired) electrons. The Morgan fingerprint density at radius 1 is 1.19 bits per heavy atom. The van der Waals surface area contributed by atoms with Crippen molar-refractivity contribution in [2.75, 3.05) is 18.4 Å². The number of aromatic nitrogens is 2. The van der Waals surface area contributed by atoms with E-state index < -0.39 is 0 Å². The molecule has 0 bridgehead atoms. The number of carbonyl (C=O) groups is 1. The number of nitrogens with one attached hydrogen (secondary N) is 1. The second-order valence-electron chi connectivity index (χ2n) is 5.49. The first-order chi connectivity index (χ1) is 10.3. The molecule has 1 amide bonds. The average Bonchev–Trinajstić information content (AvgIpc) is 2.55. The van der Waals surface area contributed by atoms with Gasteiger partial charge in [0.25, 0.3) is 0 Å². The molecule has 21 heavy (non-hydrogen) atoms. The summed E-state index contributed by atoms with van der Waals surface area (Å²) < 4.78 is 0. The molecule has 1 aliphatic heterocycles. The maximum Gasteiger partial charge on any atom is 0.244 e. The van der Waals surface area contributed by atoms with Crippen LogP contribution < -0.4 is 5.32 Å². The lowest BCUT2D eigenvalue weighted by Gasteiger charge is -2.29. The van der Waals surface area contributed by atoms with Crippen LogP contribution in [-0.2, 0) is 4.79 Å². The standard InChI is InChI=1S/C16H20N4O/c1-12(16(21)20-9-5-2-6-10-20)19-15-13-7-3-4-8-14(13)17-11-18-15/h3-4,7-8,11-12H,2,5-6,9-10H2,1H3,(H,17,18,19). The first kappa shape index (κ1) is 13.8. The molecule has 2 aromatic rings. The zero-order valence-corrected chi connectivity index (χ0v) is 12.2. The Morgan fingerprint density at radius 3 is 2.76 bits per heavy atom. The normalized spacial score (nSPS) is 16.7. The molecule has 0 aliphatic carbocycles. The molecule has 2 heterocycles. The van der Waals surface area contributed by atoms with Gasteiger partial charge in [-0.15, -0.1) is 0 Å². The molecule has 110 valence electrons. The molecule has 0 saturated carbocycles. The summed E-state index contributed by atoms with van der Waals surface area (Å²) in [5.41, 5.74) is 0.882. The Kier molecular flexibility index (Phi) is 3.99. The molecule has 1 N–H and O–H groups in total. The third kappa shape index (κ3) is 2.96. The van der Waals surface area contributed by atoms with Crippen LogP contribution in [0.2, 0.25) is 0 Å². The van der Waals surface area contributed by atoms with Gasteiger partial charge in [-0.1, -0.05) is 12.1 Å². The third-order valence-electron chi connectivity index (χ3n) is 3.93. The van der Waals surface area contributed by atoms with Gasteiger partial charge in [-0.2, -0.15) is 0 Å². The molecule has 1 saturated heterocycles. The van der Waals surface area contributed by atoms with E-state index in [2.05, 4.69) is 15.3 Å². The van der Waals surface area contributed by atoms with Crippen LogP contribution in [0.1, 0.15) is 26.2 Å². The predicted molar refractivity (Wildman–Crippen MR) is 83.1 cm³/mol. The van der Waals surface area contributed by atoms with Crippen molar-refractivity contribution in [3.63, 3.8) is 0 Å². The summed E-state index contributed by atoms with van der Waals surface area (Å²) in [4.78, 5) is 22.9. The van der Waals surface area contributed by atoms with E-state index >= 15 is 0 Å². The Balaban J connectivity index is 1.76. The quantitative estimate of drug-likeness (QED) is 0.940. The molecule has 3 rings (SSSR count). The molecule has 0 spiro atoms. The highest BCUT2D eigenvalue weighted by Crippen LogP contribution is 2.20. The Hall–Kier alpha value is -2.17. The lowest BCUT2D eigenvalue weighted by atomic mass is 10.1. The summed E-state index contributed by atoms with van der Waals surface area (Å²) in [6.07, 6.45) is 4.97. The van der Waals surface area contributed by atoms with Crippen molar-refractivity contribution in [2.45, 2.75) is 32.2 Å². The highest BCUT2D eigenvalue weighted by Gasteiger charge is 2.22. The number of fused-ring (bicyclic) bond motifs is 1. The summed E-state index contributed by atoms with van der Waals surface area (Å²) in [7, 11) is 0. The van der Waals surface area contributed by atoms with E-state index in [0.29, 0.717) is 0 Å². The fourth-order valence-corrected chi connectivity index (χ4v) is 2.77. The van der Waals surface area contributed by atoms with Crippen molar-refractivity contribution in [2.24, 2.45) is 0 Å². The molecule has 1 aromatic carbocycles. The van der Waals surface area contributed by atoms with Gasteiger partial charge in [-0.05, 0) is 38.3 Å². The van der Waals surface area contributed by atoms with E-state index in [4.69, 9.17) is 0 Å². The topological polar surface area (TPSA) is 58.1 Å². The number of benzene rings is 1. The number of hydrogen-bond donors (Lipinski definition) is 1. The summed E-state index contributed by atoms with van der Waals surface area (Å²) >= 11 is 0. The number of anilines is 1. The molecule has 5 heteroatoms. The second-order valence-corrected chi connectivity index (χ2v) is 5.49. The summed E-state index contributed by atoms with van der Waals surface area (Å²) in [6.45, 7) is 3.64. The number of carbonyl (C=O) groups excluding carboxylic acids is 1. The van der Waals surface area contributed by atoms with E-state index in [0.717, 1.165) is 42.7 Å². The molecule has 1 atom stereocenters. The number of hydrogen-bond acceptors (Lipinski definition) is 4. The van der Waals surface area contributed by atoms with Crippen molar-refractivity contribution in [3.8, 4) is 0 Å². The number of rotatable bonds is 3. The summed E-state index contributed by atoms with van der Waals surface area (Å²) in [6, 6.07) is 7.53. The highest BCUT2D eigenvalue weighted by atomic mass is 16.2. The minimum atomic E-state index is -0.276. The molecule has 5 nitrogen and oxygen atoms in total. The van der Waals surface area contributed by atoms with Gasteiger partial charge < -0.3 is 10.2 Å². The van der Waals surface area contributed by atoms with Crippen LogP contribution in [0.15, 0.2) is 30.6 Å². The van der Waals surface area contributed by atoms with Gasteiger partial charge in [-0.25, -0.2) is 9.97 Å². The fraction of sp³-hybridized carbons (Fsp3) is 0.438. The first-order valence-electron chi connectivity index (χ1n) is 7.51. The van der Waals surface area contributed by atoms with Crippen molar-refractivity contribution in [3.05, 3.63) is 30.6 Å². The van der Waals surface area contributed by atoms with Crippen LogP contribution in [0.3, 0.4) is 0 Å². The predicted octanol–water partition coefficient (Wildman–Crippen LogP) is 2.44. The van der Waals surface area contributed by atoms with E-state index in [1.807, 2.05) is 36.1 Å². The Morgan fingerprint density at radius 2 is 1.95 bits per heavy atom. The van der Waals surface area contributed by atoms with Gasteiger partial charge in [0, 0.05) is 18.5 Å². The molecule has 1 aromatic heterocycles. The largest absolute Gasteiger partial charge is 0.358 e. The monoisotopic (exact) mass is 284 g/mol. The summed E-state index contributed by atoms with van der Waals surface area (Å²) in [5, 5.41) is 4.18. The van der Waals surface area contributed by atoms with E-state index in [1.165, 1.54) is 12.7 Å². The van der Waals surface area contributed by atoms with Crippen LogP contribution >= 0.6 is 0 Å². The lowest BCUT2D eigenvalue weighted by Crippen LogP contribution is -2.44. The molecular formula is C16H20N4O. The van der Waals surface area contributed by atoms with Gasteiger partial charge in [-0.3, -0.25) is 4.79 Å². The van der Waals surface area contributed by atoms with Gasteiger partial charge in [0.2, 0.25) is 5.91 Å². The van der Waals surface area contributed by atoms with Gasteiger partial charge in [0.05, 0.1) is 5.52 Å². The zero-order chi connectivity index (χ0) is 14.7. The van der Waals surface area contributed by atoms with E-state index in [-0.39, 0.29) is 11.9 Å². The van der Waals surface area contributed by atoms with Crippen LogP contribution in [0, 0.1) is 0 Å². The van der Waals surface area contributed by atoms with E-state index in [9.17, 15) is 4.79 Å². The number of para-hydroxylation sites is 1. The smallest absolute Gasteiger partial charge is 0.244 e. The van der Waals surface area contributed by atoms with Gasteiger partial charge in [0.1, 0.15) is 18.2 Å². The van der Waals surface area contributed by atoms with Crippen LogP contribution in [0.5, 0.6) is 0 Å². The lowest BCUT2D eigenvalue weighted by molar-refractivity contribution is -0.132. The average molecular weight is 284 g/mol. The molecular weight excluding hydrogens is 264 g/mol. The number of nitrogens with zero attached hydrogens (tertiary/aromatic N) is 3. The highest BCUT2D eigenvalue weighted by molar-refractivity contribution is 5.91.